The summed E-state index contributed by atoms with van der Waals surface area (Å²) in [5, 5.41) is 11.5. The summed E-state index contributed by atoms with van der Waals surface area (Å²) < 4.78 is 10.8. The summed E-state index contributed by atoms with van der Waals surface area (Å²) in [4.78, 5) is 38.2. The Kier molecular flexibility index (Phi) is 7.80. The Bertz CT molecular complexity index is 1190. The molecule has 1 heterocycles. The predicted molar refractivity (Wildman–Crippen MR) is 132 cm³/mol. The maximum atomic E-state index is 13.3. The molecule has 0 bridgehead atoms. The van der Waals surface area contributed by atoms with Crippen LogP contribution >= 0.6 is 12.2 Å². The molecule has 9 heteroatoms. The number of ether oxygens (including phenoxy) is 2. The van der Waals surface area contributed by atoms with Crippen molar-refractivity contribution in [3.8, 4) is 11.5 Å². The minimum Gasteiger partial charge on any atom is -0.493 e. The van der Waals surface area contributed by atoms with Gasteiger partial charge in [0.15, 0.2) is 23.2 Å². The van der Waals surface area contributed by atoms with E-state index in [9.17, 15) is 14.4 Å². The van der Waals surface area contributed by atoms with E-state index in [0.29, 0.717) is 23.2 Å². The highest BCUT2D eigenvalue weighted by atomic mass is 32.1. The summed E-state index contributed by atoms with van der Waals surface area (Å²) in [6.07, 6.45) is 4.25. The third kappa shape index (κ3) is 5.32. The molecule has 2 aromatic carbocycles. The van der Waals surface area contributed by atoms with Crippen LogP contribution in [-0.2, 0) is 27.2 Å². The number of carbonyl (C=O) groups is 3. The van der Waals surface area contributed by atoms with Gasteiger partial charge in [0.1, 0.15) is 5.57 Å². The zero-order valence-corrected chi connectivity index (χ0v) is 19.6. The smallest absolute Gasteiger partial charge is 0.341 e. The third-order valence-corrected chi connectivity index (χ3v) is 5.38. The first kappa shape index (κ1) is 24.7. The molecule has 0 aromatic heterocycles. The van der Waals surface area contributed by atoms with Gasteiger partial charge in [0.05, 0.1) is 12.8 Å². The second-order valence-corrected chi connectivity index (χ2v) is 7.75. The van der Waals surface area contributed by atoms with Crippen LogP contribution in [0, 0.1) is 0 Å². The van der Waals surface area contributed by atoms with Crippen molar-refractivity contribution in [2.45, 2.75) is 19.8 Å². The normalized spacial score (nSPS) is 14.7. The Balaban J connectivity index is 2.03. The van der Waals surface area contributed by atoms with Crippen molar-refractivity contribution in [3.63, 3.8) is 0 Å². The van der Waals surface area contributed by atoms with E-state index < -0.39 is 24.4 Å². The molecule has 2 aromatic rings. The zero-order valence-electron chi connectivity index (χ0n) is 18.8. The van der Waals surface area contributed by atoms with E-state index >= 15 is 0 Å². The number of aryl methyl sites for hydroxylation is 1. The van der Waals surface area contributed by atoms with Gasteiger partial charge in [-0.15, -0.1) is 6.58 Å². The number of methoxy groups -OCH3 is 1. The van der Waals surface area contributed by atoms with E-state index in [0.717, 1.165) is 12.0 Å². The molecule has 0 aliphatic carbocycles. The van der Waals surface area contributed by atoms with Crippen LogP contribution < -0.4 is 19.7 Å². The Morgan fingerprint density at radius 1 is 1.24 bits per heavy atom. The molecule has 2 N–H and O–H groups in total. The predicted octanol–water partition coefficient (Wildman–Crippen LogP) is 3.28. The first-order chi connectivity index (χ1) is 16.3. The van der Waals surface area contributed by atoms with Gasteiger partial charge in [-0.1, -0.05) is 25.1 Å². The van der Waals surface area contributed by atoms with Crippen LogP contribution in [-0.4, -0.2) is 41.7 Å². The van der Waals surface area contributed by atoms with Crippen LogP contribution in [0.2, 0.25) is 0 Å². The lowest BCUT2D eigenvalue weighted by Gasteiger charge is -2.29. The number of hydrogen-bond donors (Lipinski definition) is 2. The van der Waals surface area contributed by atoms with E-state index in [1.807, 2.05) is 19.1 Å². The van der Waals surface area contributed by atoms with E-state index in [2.05, 4.69) is 11.9 Å². The second kappa shape index (κ2) is 10.8. The van der Waals surface area contributed by atoms with Crippen LogP contribution in [0.5, 0.6) is 11.5 Å². The first-order valence-corrected chi connectivity index (χ1v) is 10.9. The molecular formula is C25H24N2O6S. The lowest BCUT2D eigenvalue weighted by atomic mass is 10.0. The number of carboxylic acid groups (broad SMARTS) is 1. The number of nitrogens with one attached hydrogen (secondary N) is 1. The van der Waals surface area contributed by atoms with Crippen LogP contribution in [0.25, 0.3) is 6.08 Å². The molecule has 8 nitrogen and oxygen atoms in total. The zero-order chi connectivity index (χ0) is 24.8. The van der Waals surface area contributed by atoms with Crippen LogP contribution in [0.4, 0.5) is 5.69 Å². The number of carboxylic acids is 1. The van der Waals surface area contributed by atoms with Crippen molar-refractivity contribution >= 4 is 46.9 Å². The van der Waals surface area contributed by atoms with Gasteiger partial charge < -0.3 is 14.6 Å². The molecule has 1 aliphatic rings. The second-order valence-electron chi connectivity index (χ2n) is 7.36. The summed E-state index contributed by atoms with van der Waals surface area (Å²) in [5.74, 6) is -1.80. The molecule has 2 amide bonds. The molecule has 0 spiro atoms. The molecule has 0 unspecified atom stereocenters. The molecule has 1 saturated heterocycles. The highest BCUT2D eigenvalue weighted by Gasteiger charge is 2.34. The molecule has 1 fully saturated rings. The van der Waals surface area contributed by atoms with Crippen molar-refractivity contribution < 1.29 is 29.0 Å². The van der Waals surface area contributed by atoms with Gasteiger partial charge in [-0.05, 0) is 66.5 Å². The van der Waals surface area contributed by atoms with Gasteiger partial charge in [-0.25, -0.2) is 4.79 Å². The van der Waals surface area contributed by atoms with Crippen molar-refractivity contribution in [1.82, 2.24) is 5.32 Å². The Morgan fingerprint density at radius 2 is 1.94 bits per heavy atom. The number of amides is 2. The number of aliphatic carboxylic acids is 1. The quantitative estimate of drug-likeness (QED) is 0.246. The molecule has 34 heavy (non-hydrogen) atoms. The highest BCUT2D eigenvalue weighted by Crippen LogP contribution is 2.35. The number of rotatable bonds is 9. The van der Waals surface area contributed by atoms with Crippen LogP contribution in [0.15, 0.2) is 54.6 Å². The standard InChI is InChI=1S/C25H24N2O6S/c1-4-6-17-11-16(13-20(32-3)22(17)33-14-21(28)29)12-19-23(30)26-25(34)27(24(19)31)18-9-7-15(5-2)8-10-18/h4,7-13H,1,5-6,14H2,2-3H3,(H,28,29)(H,26,30,34). The SMILES string of the molecule is C=CCc1cc(C=C2C(=O)NC(=S)N(c3ccc(CC)cc3)C2=O)cc(OC)c1OCC(=O)O. The van der Waals surface area contributed by atoms with Crippen molar-refractivity contribution in [2.24, 2.45) is 0 Å². The van der Waals surface area contributed by atoms with Gasteiger partial charge in [0.25, 0.3) is 11.8 Å². The lowest BCUT2D eigenvalue weighted by Crippen LogP contribution is -2.54. The largest absolute Gasteiger partial charge is 0.493 e. The third-order valence-electron chi connectivity index (χ3n) is 5.09. The number of benzene rings is 2. The van der Waals surface area contributed by atoms with Gasteiger partial charge >= 0.3 is 5.97 Å². The number of hydrogen-bond acceptors (Lipinski definition) is 6. The Hall–Kier alpha value is -3.98. The topological polar surface area (TPSA) is 105 Å². The maximum Gasteiger partial charge on any atom is 0.341 e. The van der Waals surface area contributed by atoms with Crippen molar-refractivity contribution in [2.75, 3.05) is 18.6 Å². The van der Waals surface area contributed by atoms with Gasteiger partial charge in [0, 0.05) is 5.56 Å². The fourth-order valence-corrected chi connectivity index (χ4v) is 3.74. The van der Waals surface area contributed by atoms with Crippen LogP contribution in [0.3, 0.4) is 0 Å². The number of thiocarbonyl (C=S) groups is 1. The Morgan fingerprint density at radius 3 is 2.53 bits per heavy atom. The Labute approximate surface area is 202 Å². The van der Waals surface area contributed by atoms with E-state index in [-0.39, 0.29) is 22.2 Å². The molecule has 3 rings (SSSR count). The van der Waals surface area contributed by atoms with E-state index in [1.165, 1.54) is 18.1 Å². The lowest BCUT2D eigenvalue weighted by molar-refractivity contribution is -0.139. The van der Waals surface area contributed by atoms with E-state index in [4.69, 9.17) is 26.8 Å². The fraction of sp³-hybridized carbons (Fsp3) is 0.200. The number of carbonyl (C=O) groups excluding carboxylic acids is 2. The average Bonchev–Trinajstić information content (AvgIpc) is 2.81. The van der Waals surface area contributed by atoms with Gasteiger partial charge in [0.2, 0.25) is 0 Å². The van der Waals surface area contributed by atoms with Crippen molar-refractivity contribution in [1.29, 1.82) is 0 Å². The summed E-state index contributed by atoms with van der Waals surface area (Å²) in [5.41, 5.74) is 2.61. The molecule has 0 atom stereocenters. The summed E-state index contributed by atoms with van der Waals surface area (Å²) >= 11 is 5.25. The molecular weight excluding hydrogens is 456 g/mol. The summed E-state index contributed by atoms with van der Waals surface area (Å²) in [6.45, 7) is 5.19. The molecule has 1 aliphatic heterocycles. The number of allylic oxidation sites excluding steroid dienone is 1. The monoisotopic (exact) mass is 480 g/mol. The first-order valence-electron chi connectivity index (χ1n) is 10.5. The van der Waals surface area contributed by atoms with Crippen LogP contribution in [0.1, 0.15) is 23.6 Å². The minimum atomic E-state index is -1.13. The van der Waals surface area contributed by atoms with Gasteiger partial charge in [-0.2, -0.15) is 0 Å². The fourth-order valence-electron chi connectivity index (χ4n) is 3.46. The molecule has 0 saturated carbocycles. The minimum absolute atomic E-state index is 0.00116. The summed E-state index contributed by atoms with van der Waals surface area (Å²) in [6, 6.07) is 10.6. The van der Waals surface area contributed by atoms with E-state index in [1.54, 1.807) is 30.3 Å². The summed E-state index contributed by atoms with van der Waals surface area (Å²) in [7, 11) is 1.41. The number of nitrogens with zero attached hydrogens (tertiary/aromatic N) is 1. The highest BCUT2D eigenvalue weighted by molar-refractivity contribution is 7.80. The maximum absolute atomic E-state index is 13.3. The molecule has 0 radical (unpaired) electrons. The molecule has 176 valence electrons. The number of anilines is 1. The average molecular weight is 481 g/mol. The van der Waals surface area contributed by atoms with Gasteiger partial charge in [-0.3, -0.25) is 19.8 Å². The van der Waals surface area contributed by atoms with Crippen molar-refractivity contribution in [3.05, 3.63) is 71.3 Å².